The first-order chi connectivity index (χ1) is 10.8. The summed E-state index contributed by atoms with van der Waals surface area (Å²) in [6, 6.07) is 8.39. The second-order valence-corrected chi connectivity index (χ2v) is 5.14. The average molecular weight is 302 g/mol. The largest absolute Gasteiger partial charge is 0.385 e. The van der Waals surface area contributed by atoms with E-state index >= 15 is 0 Å². The van der Waals surface area contributed by atoms with Crippen LogP contribution in [0.5, 0.6) is 0 Å². The van der Waals surface area contributed by atoms with E-state index in [4.69, 9.17) is 4.74 Å². The van der Waals surface area contributed by atoms with Gasteiger partial charge in [-0.1, -0.05) is 18.2 Å². The van der Waals surface area contributed by atoms with Gasteiger partial charge >= 0.3 is 0 Å². The lowest BCUT2D eigenvalue weighted by Crippen LogP contribution is -2.38. The monoisotopic (exact) mass is 302 g/mol. The maximum absolute atomic E-state index is 5.04. The van der Waals surface area contributed by atoms with Gasteiger partial charge in [0.2, 0.25) is 0 Å². The van der Waals surface area contributed by atoms with Gasteiger partial charge < -0.3 is 20.4 Å². The van der Waals surface area contributed by atoms with Crippen molar-refractivity contribution < 1.29 is 4.74 Å². The van der Waals surface area contributed by atoms with Crippen LogP contribution in [0.25, 0.3) is 10.9 Å². The average Bonchev–Trinajstić information content (AvgIpc) is 2.95. The van der Waals surface area contributed by atoms with Crippen molar-refractivity contribution in [3.8, 4) is 0 Å². The highest BCUT2D eigenvalue weighted by Crippen LogP contribution is 2.17. The van der Waals surface area contributed by atoms with E-state index in [0.717, 1.165) is 45.0 Å². The molecule has 0 aliphatic heterocycles. The molecule has 22 heavy (non-hydrogen) atoms. The molecule has 2 rings (SSSR count). The van der Waals surface area contributed by atoms with Gasteiger partial charge in [0.15, 0.2) is 5.96 Å². The number of methoxy groups -OCH3 is 1. The summed E-state index contributed by atoms with van der Waals surface area (Å²) in [4.78, 5) is 7.85. The van der Waals surface area contributed by atoms with Crippen molar-refractivity contribution in [3.63, 3.8) is 0 Å². The fourth-order valence-corrected chi connectivity index (χ4v) is 2.40. The smallest absolute Gasteiger partial charge is 0.191 e. The second-order valence-electron chi connectivity index (χ2n) is 5.14. The number of ether oxygens (including phenoxy) is 1. The summed E-state index contributed by atoms with van der Waals surface area (Å²) < 4.78 is 5.04. The summed E-state index contributed by atoms with van der Waals surface area (Å²) in [7, 11) is 1.72. The van der Waals surface area contributed by atoms with Crippen LogP contribution in [0.4, 0.5) is 0 Å². The number of guanidine groups is 1. The Balaban J connectivity index is 1.84. The van der Waals surface area contributed by atoms with Gasteiger partial charge in [-0.15, -0.1) is 0 Å². The summed E-state index contributed by atoms with van der Waals surface area (Å²) in [5, 5.41) is 7.95. The lowest BCUT2D eigenvalue weighted by molar-refractivity contribution is 0.197. The molecule has 0 bridgehead atoms. The van der Waals surface area contributed by atoms with Gasteiger partial charge in [0.25, 0.3) is 0 Å². The molecule has 2 aromatic rings. The SMILES string of the molecule is CCNC(=NCCCOC)NCCc1c[nH]c2ccccc12. The van der Waals surface area contributed by atoms with Crippen LogP contribution in [0.2, 0.25) is 0 Å². The Hall–Kier alpha value is -2.01. The maximum atomic E-state index is 5.04. The number of nitrogens with zero attached hydrogens (tertiary/aromatic N) is 1. The number of nitrogens with one attached hydrogen (secondary N) is 3. The summed E-state index contributed by atoms with van der Waals surface area (Å²) in [5.74, 6) is 0.874. The fraction of sp³-hybridized carbons (Fsp3) is 0.471. The molecule has 1 aromatic carbocycles. The summed E-state index contributed by atoms with van der Waals surface area (Å²) in [6.45, 7) is 5.32. The number of para-hydroxylation sites is 1. The molecule has 1 aromatic heterocycles. The lowest BCUT2D eigenvalue weighted by atomic mass is 10.1. The quantitative estimate of drug-likeness (QED) is 0.398. The molecule has 120 valence electrons. The van der Waals surface area contributed by atoms with E-state index < -0.39 is 0 Å². The summed E-state index contributed by atoms with van der Waals surface area (Å²) in [5.41, 5.74) is 2.52. The van der Waals surface area contributed by atoms with Gasteiger partial charge in [0.1, 0.15) is 0 Å². The van der Waals surface area contributed by atoms with E-state index in [1.807, 2.05) is 0 Å². The number of aliphatic imine (C=N–C) groups is 1. The highest BCUT2D eigenvalue weighted by molar-refractivity contribution is 5.83. The molecule has 0 unspecified atom stereocenters. The number of aromatic nitrogens is 1. The predicted octanol–water partition coefficient (Wildman–Crippen LogP) is 2.30. The van der Waals surface area contributed by atoms with Crippen LogP contribution in [-0.2, 0) is 11.2 Å². The number of H-pyrrole nitrogens is 1. The Bertz CT molecular complexity index is 591. The molecule has 0 radical (unpaired) electrons. The lowest BCUT2D eigenvalue weighted by Gasteiger charge is -2.11. The van der Waals surface area contributed by atoms with E-state index in [-0.39, 0.29) is 0 Å². The van der Waals surface area contributed by atoms with Crippen molar-refractivity contribution in [1.29, 1.82) is 0 Å². The van der Waals surface area contributed by atoms with E-state index in [0.29, 0.717) is 0 Å². The van der Waals surface area contributed by atoms with Crippen molar-refractivity contribution in [3.05, 3.63) is 36.0 Å². The normalized spacial score (nSPS) is 11.8. The third-order valence-corrected chi connectivity index (χ3v) is 3.48. The van der Waals surface area contributed by atoms with Crippen LogP contribution in [0, 0.1) is 0 Å². The van der Waals surface area contributed by atoms with Gasteiger partial charge in [0.05, 0.1) is 0 Å². The summed E-state index contributed by atoms with van der Waals surface area (Å²) in [6.07, 6.45) is 4.00. The first-order valence-electron chi connectivity index (χ1n) is 7.91. The molecule has 0 spiro atoms. The standard InChI is InChI=1S/C17H26N4O/c1-3-18-17(19-10-6-12-22-2)20-11-9-14-13-21-16-8-5-4-7-15(14)16/h4-5,7-8,13,21H,3,6,9-12H2,1-2H3,(H2,18,19,20). The minimum absolute atomic E-state index is 0.748. The molecule has 1 heterocycles. The molecule has 0 aliphatic rings. The van der Waals surface area contributed by atoms with E-state index in [1.165, 1.54) is 16.5 Å². The van der Waals surface area contributed by atoms with Crippen molar-refractivity contribution in [1.82, 2.24) is 15.6 Å². The minimum atomic E-state index is 0.748. The van der Waals surface area contributed by atoms with Gasteiger partial charge in [-0.25, -0.2) is 0 Å². The van der Waals surface area contributed by atoms with E-state index in [9.17, 15) is 0 Å². The van der Waals surface area contributed by atoms with Gasteiger partial charge in [-0.05, 0) is 31.4 Å². The zero-order valence-corrected chi connectivity index (χ0v) is 13.5. The molecule has 0 amide bonds. The molecule has 0 saturated carbocycles. The van der Waals surface area contributed by atoms with Crippen LogP contribution in [0.1, 0.15) is 18.9 Å². The Labute approximate surface area is 132 Å². The van der Waals surface area contributed by atoms with Crippen LogP contribution < -0.4 is 10.6 Å². The molecule has 0 aliphatic carbocycles. The number of benzene rings is 1. The van der Waals surface area contributed by atoms with Crippen molar-refractivity contribution >= 4 is 16.9 Å². The number of hydrogen-bond donors (Lipinski definition) is 3. The Morgan fingerprint density at radius 1 is 1.27 bits per heavy atom. The molecule has 0 fully saturated rings. The van der Waals surface area contributed by atoms with Gasteiger partial charge in [-0.2, -0.15) is 0 Å². The maximum Gasteiger partial charge on any atom is 0.191 e. The molecule has 5 heteroatoms. The molecule has 5 nitrogen and oxygen atoms in total. The van der Waals surface area contributed by atoms with Crippen molar-refractivity contribution in [2.45, 2.75) is 19.8 Å². The van der Waals surface area contributed by atoms with Crippen LogP contribution in [0.3, 0.4) is 0 Å². The number of fused-ring (bicyclic) bond motifs is 1. The van der Waals surface area contributed by atoms with E-state index in [2.05, 4.69) is 58.0 Å². The highest BCUT2D eigenvalue weighted by Gasteiger charge is 2.03. The first-order valence-corrected chi connectivity index (χ1v) is 7.91. The van der Waals surface area contributed by atoms with Crippen LogP contribution >= 0.6 is 0 Å². The third kappa shape index (κ3) is 4.77. The molecule has 0 atom stereocenters. The minimum Gasteiger partial charge on any atom is -0.385 e. The number of hydrogen-bond acceptors (Lipinski definition) is 2. The third-order valence-electron chi connectivity index (χ3n) is 3.48. The van der Waals surface area contributed by atoms with Gasteiger partial charge in [0, 0.05) is 50.5 Å². The van der Waals surface area contributed by atoms with Crippen molar-refractivity contribution in [2.75, 3.05) is 33.4 Å². The molecular formula is C17H26N4O. The zero-order valence-electron chi connectivity index (χ0n) is 13.5. The van der Waals surface area contributed by atoms with Crippen LogP contribution in [0.15, 0.2) is 35.5 Å². The Morgan fingerprint density at radius 3 is 2.95 bits per heavy atom. The van der Waals surface area contributed by atoms with E-state index in [1.54, 1.807) is 7.11 Å². The molecular weight excluding hydrogens is 276 g/mol. The predicted molar refractivity (Wildman–Crippen MR) is 92.5 cm³/mol. The number of rotatable bonds is 8. The number of aromatic amines is 1. The Kier molecular flexibility index (Phi) is 6.77. The topological polar surface area (TPSA) is 61.4 Å². The second kappa shape index (κ2) is 9.10. The van der Waals surface area contributed by atoms with Crippen molar-refractivity contribution in [2.24, 2.45) is 4.99 Å². The van der Waals surface area contributed by atoms with Crippen LogP contribution in [-0.4, -0.2) is 44.3 Å². The first kappa shape index (κ1) is 16.4. The Morgan fingerprint density at radius 2 is 2.14 bits per heavy atom. The molecule has 0 saturated heterocycles. The molecule has 3 N–H and O–H groups in total. The van der Waals surface area contributed by atoms with Gasteiger partial charge in [-0.3, -0.25) is 4.99 Å². The fourth-order valence-electron chi connectivity index (χ4n) is 2.40. The highest BCUT2D eigenvalue weighted by atomic mass is 16.5. The summed E-state index contributed by atoms with van der Waals surface area (Å²) >= 11 is 0. The zero-order chi connectivity index (χ0) is 15.6.